The molecule has 1 aromatic heterocycles. The van der Waals surface area contributed by atoms with E-state index in [2.05, 4.69) is 4.98 Å². The van der Waals surface area contributed by atoms with Gasteiger partial charge < -0.3 is 15.0 Å². The van der Waals surface area contributed by atoms with Gasteiger partial charge in [0.25, 0.3) is 5.91 Å². The van der Waals surface area contributed by atoms with Crippen molar-refractivity contribution in [1.82, 2.24) is 9.88 Å². The summed E-state index contributed by atoms with van der Waals surface area (Å²) in [5, 5.41) is 9.80. The molecule has 0 unspecified atom stereocenters. The van der Waals surface area contributed by atoms with Gasteiger partial charge in [-0.1, -0.05) is 0 Å². The van der Waals surface area contributed by atoms with Crippen molar-refractivity contribution in [3.63, 3.8) is 0 Å². The standard InChI is InChI=1S/C12H16N2O3/c1-12(17)3-6-14(7-4-12)11(16)9-2-5-13-10(15)8-9/h2,5,8,17H,3-4,6-7H2,1H3,(H,13,15). The zero-order chi connectivity index (χ0) is 12.5. The second-order valence-corrected chi connectivity index (χ2v) is 4.73. The van der Waals surface area contributed by atoms with Crippen molar-refractivity contribution in [1.29, 1.82) is 0 Å². The highest BCUT2D eigenvalue weighted by molar-refractivity contribution is 5.94. The first kappa shape index (κ1) is 11.9. The maximum absolute atomic E-state index is 12.1. The molecule has 2 N–H and O–H groups in total. The molecule has 0 radical (unpaired) electrons. The molecule has 0 atom stereocenters. The van der Waals surface area contributed by atoms with Gasteiger partial charge in [0.2, 0.25) is 5.56 Å². The molecule has 0 aliphatic carbocycles. The molecule has 2 rings (SSSR count). The molecule has 1 aromatic rings. The molecular weight excluding hydrogens is 220 g/mol. The Labute approximate surface area is 99.1 Å². The molecule has 0 saturated carbocycles. The van der Waals surface area contributed by atoms with Crippen LogP contribution < -0.4 is 5.56 Å². The molecule has 1 aliphatic rings. The molecular formula is C12H16N2O3. The third kappa shape index (κ3) is 2.74. The van der Waals surface area contributed by atoms with E-state index in [-0.39, 0.29) is 11.5 Å². The van der Waals surface area contributed by atoms with Crippen LogP contribution in [0.2, 0.25) is 0 Å². The van der Waals surface area contributed by atoms with E-state index >= 15 is 0 Å². The van der Waals surface area contributed by atoms with Gasteiger partial charge in [-0.15, -0.1) is 0 Å². The Hall–Kier alpha value is -1.62. The fourth-order valence-corrected chi connectivity index (χ4v) is 1.95. The molecule has 1 aliphatic heterocycles. The summed E-state index contributed by atoms with van der Waals surface area (Å²) >= 11 is 0. The summed E-state index contributed by atoms with van der Waals surface area (Å²) < 4.78 is 0. The number of amides is 1. The number of aromatic nitrogens is 1. The summed E-state index contributed by atoms with van der Waals surface area (Å²) in [5.74, 6) is -0.147. The van der Waals surface area contributed by atoms with Gasteiger partial charge in [0.1, 0.15) is 0 Å². The number of likely N-dealkylation sites (tertiary alicyclic amines) is 1. The first-order valence-electron chi connectivity index (χ1n) is 5.68. The summed E-state index contributed by atoms with van der Waals surface area (Å²) in [6, 6.07) is 2.89. The lowest BCUT2D eigenvalue weighted by Crippen LogP contribution is -2.45. The normalized spacial score (nSPS) is 19.1. The van der Waals surface area contributed by atoms with Crippen LogP contribution in [0.3, 0.4) is 0 Å². The van der Waals surface area contributed by atoms with Gasteiger partial charge in [-0.3, -0.25) is 9.59 Å². The van der Waals surface area contributed by atoms with Crippen LogP contribution in [-0.2, 0) is 0 Å². The van der Waals surface area contributed by atoms with E-state index < -0.39 is 5.60 Å². The van der Waals surface area contributed by atoms with E-state index in [1.165, 1.54) is 12.3 Å². The van der Waals surface area contributed by atoms with Crippen LogP contribution in [0, 0.1) is 0 Å². The number of rotatable bonds is 1. The largest absolute Gasteiger partial charge is 0.390 e. The Morgan fingerprint density at radius 3 is 2.71 bits per heavy atom. The van der Waals surface area contributed by atoms with Crippen LogP contribution in [0.4, 0.5) is 0 Å². The van der Waals surface area contributed by atoms with Crippen LogP contribution in [0.1, 0.15) is 30.1 Å². The summed E-state index contributed by atoms with van der Waals surface area (Å²) in [5.41, 5.74) is -0.555. The highest BCUT2D eigenvalue weighted by atomic mass is 16.3. The summed E-state index contributed by atoms with van der Waals surface area (Å²) in [4.78, 5) is 27.3. The number of pyridine rings is 1. The average molecular weight is 236 g/mol. The van der Waals surface area contributed by atoms with Crippen molar-refractivity contribution in [3.8, 4) is 0 Å². The summed E-state index contributed by atoms with van der Waals surface area (Å²) in [6.45, 7) is 2.83. The van der Waals surface area contributed by atoms with Gasteiger partial charge in [-0.05, 0) is 25.8 Å². The lowest BCUT2D eigenvalue weighted by molar-refractivity contribution is -0.00203. The fraction of sp³-hybridized carbons (Fsp3) is 0.500. The molecule has 0 spiro atoms. The van der Waals surface area contributed by atoms with Crippen molar-refractivity contribution in [3.05, 3.63) is 34.2 Å². The van der Waals surface area contributed by atoms with Crippen molar-refractivity contribution in [2.24, 2.45) is 0 Å². The second-order valence-electron chi connectivity index (χ2n) is 4.73. The van der Waals surface area contributed by atoms with Gasteiger partial charge in [0.15, 0.2) is 0 Å². The van der Waals surface area contributed by atoms with Gasteiger partial charge in [0, 0.05) is 30.9 Å². The third-order valence-corrected chi connectivity index (χ3v) is 3.15. The zero-order valence-electron chi connectivity index (χ0n) is 9.77. The Balaban J connectivity index is 2.09. The quantitative estimate of drug-likeness (QED) is 0.739. The highest BCUT2D eigenvalue weighted by Gasteiger charge is 2.29. The smallest absolute Gasteiger partial charge is 0.254 e. The molecule has 17 heavy (non-hydrogen) atoms. The second kappa shape index (κ2) is 4.33. The minimum absolute atomic E-state index is 0.147. The predicted molar refractivity (Wildman–Crippen MR) is 62.8 cm³/mol. The Kier molecular flexibility index (Phi) is 3.02. The van der Waals surface area contributed by atoms with Gasteiger partial charge in [-0.25, -0.2) is 0 Å². The van der Waals surface area contributed by atoms with Crippen LogP contribution in [0.15, 0.2) is 23.1 Å². The number of aromatic amines is 1. The van der Waals surface area contributed by atoms with Crippen LogP contribution in [0.25, 0.3) is 0 Å². The number of carbonyl (C=O) groups excluding carboxylic acids is 1. The summed E-state index contributed by atoms with van der Waals surface area (Å²) in [6.07, 6.45) is 2.61. The average Bonchev–Trinajstić information content (AvgIpc) is 2.28. The van der Waals surface area contributed by atoms with E-state index in [4.69, 9.17) is 0 Å². The number of nitrogens with zero attached hydrogens (tertiary/aromatic N) is 1. The number of hydrogen-bond donors (Lipinski definition) is 2. The molecule has 0 bridgehead atoms. The minimum atomic E-state index is -0.676. The maximum atomic E-state index is 12.1. The highest BCUT2D eigenvalue weighted by Crippen LogP contribution is 2.22. The number of aliphatic hydroxyl groups is 1. The van der Waals surface area contributed by atoms with Crippen LogP contribution in [-0.4, -0.2) is 39.6 Å². The number of nitrogens with one attached hydrogen (secondary N) is 1. The fourth-order valence-electron chi connectivity index (χ4n) is 1.95. The molecule has 1 saturated heterocycles. The Morgan fingerprint density at radius 2 is 2.12 bits per heavy atom. The Morgan fingerprint density at radius 1 is 1.47 bits per heavy atom. The van der Waals surface area contributed by atoms with Crippen molar-refractivity contribution in [2.45, 2.75) is 25.4 Å². The molecule has 0 aromatic carbocycles. The lowest BCUT2D eigenvalue weighted by atomic mass is 9.93. The van der Waals surface area contributed by atoms with E-state index in [0.29, 0.717) is 31.5 Å². The zero-order valence-corrected chi connectivity index (χ0v) is 9.77. The Bertz CT molecular complexity index is 469. The predicted octanol–water partition coefficient (Wildman–Crippen LogP) is 0.362. The first-order chi connectivity index (χ1) is 7.98. The van der Waals surface area contributed by atoms with E-state index in [1.54, 1.807) is 17.9 Å². The molecule has 1 fully saturated rings. The molecule has 2 heterocycles. The van der Waals surface area contributed by atoms with Gasteiger partial charge in [0.05, 0.1) is 5.60 Å². The van der Waals surface area contributed by atoms with E-state index in [0.717, 1.165) is 0 Å². The van der Waals surface area contributed by atoms with Crippen molar-refractivity contribution in [2.75, 3.05) is 13.1 Å². The molecule has 1 amide bonds. The van der Waals surface area contributed by atoms with Crippen LogP contribution >= 0.6 is 0 Å². The first-order valence-corrected chi connectivity index (χ1v) is 5.68. The monoisotopic (exact) mass is 236 g/mol. The third-order valence-electron chi connectivity index (χ3n) is 3.15. The number of carbonyl (C=O) groups is 1. The minimum Gasteiger partial charge on any atom is -0.390 e. The summed E-state index contributed by atoms with van der Waals surface area (Å²) in [7, 11) is 0. The number of H-pyrrole nitrogens is 1. The number of piperidine rings is 1. The topological polar surface area (TPSA) is 73.4 Å². The van der Waals surface area contributed by atoms with Crippen molar-refractivity contribution < 1.29 is 9.90 Å². The van der Waals surface area contributed by atoms with E-state index in [9.17, 15) is 14.7 Å². The molecule has 92 valence electrons. The van der Waals surface area contributed by atoms with E-state index in [1.807, 2.05) is 0 Å². The lowest BCUT2D eigenvalue weighted by Gasteiger charge is -2.35. The molecule has 5 nitrogen and oxygen atoms in total. The molecule has 5 heteroatoms. The van der Waals surface area contributed by atoms with Gasteiger partial charge in [-0.2, -0.15) is 0 Å². The number of hydrogen-bond acceptors (Lipinski definition) is 3. The van der Waals surface area contributed by atoms with Gasteiger partial charge >= 0.3 is 0 Å². The van der Waals surface area contributed by atoms with Crippen molar-refractivity contribution >= 4 is 5.91 Å². The maximum Gasteiger partial charge on any atom is 0.254 e. The SMILES string of the molecule is CC1(O)CCN(C(=O)c2cc[nH]c(=O)c2)CC1. The van der Waals surface area contributed by atoms with Crippen LogP contribution in [0.5, 0.6) is 0 Å².